The summed E-state index contributed by atoms with van der Waals surface area (Å²) in [5.41, 5.74) is 0. The van der Waals surface area contributed by atoms with Crippen LogP contribution >= 0.6 is 0 Å². The van der Waals surface area contributed by atoms with Gasteiger partial charge in [-0.25, -0.2) is 0 Å². The first-order valence-corrected chi connectivity index (χ1v) is 8.98. The number of ether oxygens (including phenoxy) is 1. The molecule has 0 spiro atoms. The molecule has 2 rings (SSSR count). The summed E-state index contributed by atoms with van der Waals surface area (Å²) in [6.07, 6.45) is 8.98. The second-order valence-corrected chi connectivity index (χ2v) is 8.24. The fourth-order valence-corrected chi connectivity index (χ4v) is 4.45. The molecule has 2 atom stereocenters. The van der Waals surface area contributed by atoms with Gasteiger partial charge < -0.3 is 0 Å². The molecule has 2 fully saturated rings. The Hall–Kier alpha value is 0.230. The van der Waals surface area contributed by atoms with E-state index in [9.17, 15) is 5.11 Å². The van der Waals surface area contributed by atoms with E-state index in [1.54, 1.807) is 0 Å². The van der Waals surface area contributed by atoms with E-state index in [-0.39, 0.29) is 27.1 Å². The zero-order chi connectivity index (χ0) is 11.4. The monoisotopic (exact) mass is 337 g/mol. The van der Waals surface area contributed by atoms with Crippen molar-refractivity contribution in [1.82, 2.24) is 0 Å². The van der Waals surface area contributed by atoms with Gasteiger partial charge in [0.25, 0.3) is 0 Å². The summed E-state index contributed by atoms with van der Waals surface area (Å²) in [4.78, 5) is 0. The molecular weight excluding hydrogens is 315 g/mol. The van der Waals surface area contributed by atoms with Crippen molar-refractivity contribution in [2.45, 2.75) is 51.7 Å². The fraction of sp³-hybridized carbons (Fsp3) is 0.846. The van der Waals surface area contributed by atoms with Gasteiger partial charge in [-0.2, -0.15) is 0 Å². The quantitative estimate of drug-likeness (QED) is 0.317. The number of hydrogen-bond donors (Lipinski definition) is 1. The Morgan fingerprint density at radius 1 is 1.56 bits per heavy atom. The molecule has 3 heteroatoms. The van der Waals surface area contributed by atoms with Crippen molar-refractivity contribution in [2.24, 2.45) is 11.8 Å². The van der Waals surface area contributed by atoms with Crippen molar-refractivity contribution in [3.05, 3.63) is 9.84 Å². The van der Waals surface area contributed by atoms with Crippen LogP contribution < -0.4 is 21.2 Å². The van der Waals surface area contributed by atoms with Gasteiger partial charge in [0.2, 0.25) is 0 Å². The molecule has 0 aromatic rings. The number of hydrogen-bond acceptors (Lipinski definition) is 2. The molecule has 1 saturated heterocycles. The summed E-state index contributed by atoms with van der Waals surface area (Å²) in [5.74, 6) is 1.23. The number of allylic oxidation sites excluding steroid dienone is 1. The summed E-state index contributed by atoms with van der Waals surface area (Å²) in [6.45, 7) is 2.09. The average molecular weight is 337 g/mol. The van der Waals surface area contributed by atoms with Crippen LogP contribution in [0.2, 0.25) is 0 Å². The molecule has 2 nitrogen and oxygen atoms in total. The molecule has 0 unspecified atom stereocenters. The Morgan fingerprint density at radius 3 is 3.00 bits per heavy atom. The van der Waals surface area contributed by atoms with E-state index in [4.69, 9.17) is 4.74 Å². The molecule has 94 valence electrons. The van der Waals surface area contributed by atoms with Gasteiger partial charge in [0.1, 0.15) is 0 Å². The van der Waals surface area contributed by atoms with Crippen LogP contribution in [0, 0.1) is 11.8 Å². The predicted molar refractivity (Wildman–Crippen MR) is 60.4 cm³/mol. The third kappa shape index (κ3) is 4.24. The van der Waals surface area contributed by atoms with Crippen molar-refractivity contribution in [3.8, 4) is 0 Å². The Morgan fingerprint density at radius 2 is 2.38 bits per heavy atom. The van der Waals surface area contributed by atoms with Gasteiger partial charge >= 0.3 is 109 Å². The van der Waals surface area contributed by atoms with Gasteiger partial charge in [-0.3, -0.25) is 0 Å². The van der Waals surface area contributed by atoms with Crippen LogP contribution in [0.15, 0.2) is 9.84 Å². The van der Waals surface area contributed by atoms with E-state index in [1.807, 2.05) is 6.26 Å². The van der Waals surface area contributed by atoms with Crippen molar-refractivity contribution in [3.63, 3.8) is 0 Å². The third-order valence-corrected chi connectivity index (χ3v) is 6.44. The maximum absolute atomic E-state index is 9.86. The van der Waals surface area contributed by atoms with Crippen LogP contribution in [0.25, 0.3) is 0 Å². The molecule has 2 aliphatic rings. The van der Waals surface area contributed by atoms with Gasteiger partial charge in [-0.05, 0) is 0 Å². The van der Waals surface area contributed by atoms with E-state index < -0.39 is 6.29 Å². The molecule has 0 radical (unpaired) electrons. The second-order valence-electron chi connectivity index (χ2n) is 5.02. The van der Waals surface area contributed by atoms with Crippen LogP contribution in [0.1, 0.15) is 45.4 Å². The van der Waals surface area contributed by atoms with Crippen LogP contribution in [0.3, 0.4) is 0 Å². The van der Waals surface area contributed by atoms with E-state index in [1.165, 1.54) is 40.1 Å². The molecule has 1 saturated carbocycles. The molecule has 0 amide bonds. The van der Waals surface area contributed by atoms with Crippen LogP contribution in [-0.4, -0.2) is 15.8 Å². The van der Waals surface area contributed by atoms with Gasteiger partial charge in [-0.1, -0.05) is 0 Å². The minimum absolute atomic E-state index is 0.241. The first-order chi connectivity index (χ1) is 7.75. The Balaban J connectivity index is 1.64. The second kappa shape index (κ2) is 6.24. The van der Waals surface area contributed by atoms with E-state index in [0.717, 1.165) is 12.3 Å². The number of alkyl halides is 1. The van der Waals surface area contributed by atoms with Crippen LogP contribution in [0.4, 0.5) is 0 Å². The Bertz CT molecular complexity index is 240. The van der Waals surface area contributed by atoms with Gasteiger partial charge in [-0.15, -0.1) is 0 Å². The molecule has 0 aromatic carbocycles. The molecule has 1 aliphatic carbocycles. The summed E-state index contributed by atoms with van der Waals surface area (Å²) in [7, 11) is 0. The van der Waals surface area contributed by atoms with E-state index in [0.29, 0.717) is 0 Å². The summed E-state index contributed by atoms with van der Waals surface area (Å²) >= 11 is 0.241. The minimum atomic E-state index is -0.587. The molecule has 16 heavy (non-hydrogen) atoms. The zero-order valence-electron chi connectivity index (χ0n) is 9.99. The first kappa shape index (κ1) is 12.7. The molecule has 1 aliphatic heterocycles. The molecule has 1 N–H and O–H groups in total. The van der Waals surface area contributed by atoms with Crippen molar-refractivity contribution >= 4 is 0 Å². The summed E-state index contributed by atoms with van der Waals surface area (Å²) in [5, 5.41) is 9.86. The number of aliphatic hydroxyl groups is 1. The standard InChI is InChI=1S/C13H22IO2/c1-10(4-5-11-6-7-11)13(15)16-9-12-3-2-8-14-12/h9-11,13,15H,2-8H2,1H3/q-1/b12-9-/t10-,13+/m0/s1. The van der Waals surface area contributed by atoms with E-state index in [2.05, 4.69) is 6.92 Å². The molecular formula is C13H22IO2-. The van der Waals surface area contributed by atoms with Crippen molar-refractivity contribution in [1.29, 1.82) is 0 Å². The average Bonchev–Trinajstić information content (AvgIpc) is 2.97. The SMILES string of the molecule is C[C@@H](CCC1CC1)[C@H](O)O/C=C1/CCC[I-]1. The molecule has 0 bridgehead atoms. The van der Waals surface area contributed by atoms with E-state index >= 15 is 0 Å². The summed E-state index contributed by atoms with van der Waals surface area (Å²) in [6, 6.07) is 0. The number of aliphatic hydroxyl groups excluding tert-OH is 1. The normalized spacial score (nSPS) is 27.5. The van der Waals surface area contributed by atoms with Gasteiger partial charge in [0.15, 0.2) is 0 Å². The number of rotatable bonds is 6. The first-order valence-electron chi connectivity index (χ1n) is 6.37. The topological polar surface area (TPSA) is 29.5 Å². The fourth-order valence-electron chi connectivity index (χ4n) is 1.91. The zero-order valence-corrected chi connectivity index (χ0v) is 12.2. The molecule has 1 heterocycles. The predicted octanol–water partition coefficient (Wildman–Crippen LogP) is -0.128. The van der Waals surface area contributed by atoms with Crippen molar-refractivity contribution in [2.75, 3.05) is 4.43 Å². The maximum atomic E-state index is 9.86. The Kier molecular flexibility index (Phi) is 4.95. The molecule has 0 aromatic heterocycles. The van der Waals surface area contributed by atoms with Gasteiger partial charge in [0.05, 0.1) is 0 Å². The van der Waals surface area contributed by atoms with Crippen molar-refractivity contribution < 1.29 is 31.0 Å². The number of halogens is 1. The summed E-state index contributed by atoms with van der Waals surface area (Å²) < 4.78 is 8.33. The third-order valence-electron chi connectivity index (χ3n) is 3.36. The van der Waals surface area contributed by atoms with Crippen LogP contribution in [-0.2, 0) is 4.74 Å². The van der Waals surface area contributed by atoms with Gasteiger partial charge in [0, 0.05) is 0 Å². The Labute approximate surface area is 109 Å². The van der Waals surface area contributed by atoms with Crippen LogP contribution in [0.5, 0.6) is 0 Å².